The molecule has 0 aromatic heterocycles. The Hall–Kier alpha value is -3.80. The molecule has 6 N–H and O–H groups in total. The molecular formula is C29H30FN3O7. The predicted octanol–water partition coefficient (Wildman–Crippen LogP) is 1.62. The van der Waals surface area contributed by atoms with Gasteiger partial charge in [0.1, 0.15) is 28.7 Å². The summed E-state index contributed by atoms with van der Waals surface area (Å²) in [6.07, 6.45) is 0.898. The standard InChI is InChI=1S/C29H30FN3O7/c1-32(2)22-17-10-13-9-16-19(23(34)15-8-12(11-33-6-3-7-33)4-5-14(15)21(16)30)24(35)18(13)26(37)29(17,40)27(38)20(25(22)36)28(31)39/h4-5,8,13,17,22,34,36-37,40H,3,6-7,9-11H2,1-2H3,(H2,31,39)/t13-,17-,22-,29-/m0/s1. The van der Waals surface area contributed by atoms with Gasteiger partial charge in [-0.25, -0.2) is 4.39 Å². The third kappa shape index (κ3) is 3.41. The second-order valence-electron chi connectivity index (χ2n) is 11.5. The molecule has 40 heavy (non-hydrogen) atoms. The number of ketones is 2. The van der Waals surface area contributed by atoms with E-state index in [1.807, 2.05) is 0 Å². The summed E-state index contributed by atoms with van der Waals surface area (Å²) < 4.78 is 15.9. The van der Waals surface area contributed by atoms with Gasteiger partial charge < -0.3 is 26.2 Å². The molecule has 1 fully saturated rings. The Kier molecular flexibility index (Phi) is 5.85. The average molecular weight is 552 g/mol. The number of hydrogen-bond acceptors (Lipinski definition) is 9. The second kappa shape index (κ2) is 8.85. The molecule has 4 aliphatic rings. The molecule has 4 atom stereocenters. The number of halogens is 1. The van der Waals surface area contributed by atoms with E-state index in [2.05, 4.69) is 4.90 Å². The summed E-state index contributed by atoms with van der Waals surface area (Å²) in [6.45, 7) is 2.50. The fourth-order valence-corrected chi connectivity index (χ4v) is 7.01. The Balaban J connectivity index is 1.52. The number of fused-ring (bicyclic) bond motifs is 4. The molecule has 0 unspecified atom stereocenters. The van der Waals surface area contributed by atoms with Gasteiger partial charge in [-0.05, 0) is 64.0 Å². The molecule has 1 aliphatic heterocycles. The van der Waals surface area contributed by atoms with E-state index in [9.17, 15) is 34.8 Å². The normalized spacial score (nSPS) is 28.5. The van der Waals surface area contributed by atoms with Crippen LogP contribution in [0.2, 0.25) is 0 Å². The van der Waals surface area contributed by atoms with Crippen molar-refractivity contribution in [1.29, 1.82) is 0 Å². The van der Waals surface area contributed by atoms with Crippen molar-refractivity contribution in [2.75, 3.05) is 27.2 Å². The van der Waals surface area contributed by atoms with Crippen LogP contribution in [0.1, 0.15) is 34.3 Å². The van der Waals surface area contributed by atoms with Gasteiger partial charge in [-0.1, -0.05) is 12.1 Å². The Morgan fingerprint density at radius 3 is 2.48 bits per heavy atom. The van der Waals surface area contributed by atoms with Crippen molar-refractivity contribution in [3.8, 4) is 5.75 Å². The van der Waals surface area contributed by atoms with Gasteiger partial charge >= 0.3 is 0 Å². The van der Waals surface area contributed by atoms with E-state index in [1.165, 1.54) is 4.90 Å². The third-order valence-corrected chi connectivity index (χ3v) is 9.05. The molecule has 210 valence electrons. The van der Waals surface area contributed by atoms with Crippen LogP contribution in [0.15, 0.2) is 40.9 Å². The zero-order chi connectivity index (χ0) is 28.8. The number of carbonyl (C=O) groups excluding carboxylic acids is 3. The van der Waals surface area contributed by atoms with Crippen molar-refractivity contribution in [1.82, 2.24) is 9.80 Å². The van der Waals surface area contributed by atoms with Crippen LogP contribution in [-0.4, -0.2) is 86.5 Å². The number of nitrogens with zero attached hydrogens (tertiary/aromatic N) is 2. The number of benzene rings is 2. The van der Waals surface area contributed by atoms with Crippen LogP contribution < -0.4 is 5.73 Å². The monoisotopic (exact) mass is 551 g/mol. The number of phenolic OH excluding ortho intramolecular Hbond substituents is 1. The first-order valence-corrected chi connectivity index (χ1v) is 13.2. The van der Waals surface area contributed by atoms with Crippen LogP contribution in [0.5, 0.6) is 5.75 Å². The Labute approximate surface area is 228 Å². The number of aromatic hydroxyl groups is 1. The molecule has 10 nitrogen and oxygen atoms in total. The van der Waals surface area contributed by atoms with Crippen LogP contribution >= 0.6 is 0 Å². The summed E-state index contributed by atoms with van der Waals surface area (Å²) in [5, 5.41) is 45.5. The summed E-state index contributed by atoms with van der Waals surface area (Å²) >= 11 is 0. The van der Waals surface area contributed by atoms with Crippen LogP contribution in [-0.2, 0) is 22.6 Å². The van der Waals surface area contributed by atoms with Crippen LogP contribution in [0.4, 0.5) is 4.39 Å². The van der Waals surface area contributed by atoms with Gasteiger partial charge in [-0.2, -0.15) is 0 Å². The fraction of sp³-hybridized carbons (Fsp3) is 0.414. The first kappa shape index (κ1) is 26.4. The summed E-state index contributed by atoms with van der Waals surface area (Å²) in [5.41, 5.74) is 1.93. The molecule has 6 rings (SSSR count). The number of nitrogens with two attached hydrogens (primary N) is 1. The Morgan fingerprint density at radius 1 is 1.18 bits per heavy atom. The van der Waals surface area contributed by atoms with Crippen LogP contribution in [0.3, 0.4) is 0 Å². The van der Waals surface area contributed by atoms with Gasteiger partial charge in [-0.15, -0.1) is 0 Å². The molecule has 0 radical (unpaired) electrons. The van der Waals surface area contributed by atoms with E-state index in [4.69, 9.17) is 5.73 Å². The number of aliphatic hydroxyl groups is 3. The van der Waals surface area contributed by atoms with Crippen molar-refractivity contribution < 1.29 is 39.2 Å². The van der Waals surface area contributed by atoms with Gasteiger partial charge in [0.05, 0.1) is 11.6 Å². The average Bonchev–Trinajstić information content (AvgIpc) is 2.86. The van der Waals surface area contributed by atoms with Crippen molar-refractivity contribution in [3.63, 3.8) is 0 Å². The molecule has 11 heteroatoms. The molecule has 3 aliphatic carbocycles. The summed E-state index contributed by atoms with van der Waals surface area (Å²) in [4.78, 5) is 43.0. The Morgan fingerprint density at radius 2 is 1.88 bits per heavy atom. The third-order valence-electron chi connectivity index (χ3n) is 9.05. The van der Waals surface area contributed by atoms with Crippen molar-refractivity contribution in [3.05, 3.63) is 63.4 Å². The lowest BCUT2D eigenvalue weighted by Crippen LogP contribution is -2.63. The predicted molar refractivity (Wildman–Crippen MR) is 141 cm³/mol. The zero-order valence-electron chi connectivity index (χ0n) is 22.1. The van der Waals surface area contributed by atoms with E-state index in [0.717, 1.165) is 25.1 Å². The number of likely N-dealkylation sites (N-methyl/N-ethyl adjacent to an activating group) is 1. The number of phenols is 1. The van der Waals surface area contributed by atoms with Gasteiger partial charge in [-0.3, -0.25) is 24.2 Å². The number of primary amides is 1. The van der Waals surface area contributed by atoms with Crippen molar-refractivity contribution >= 4 is 28.2 Å². The number of aliphatic hydroxyl groups excluding tert-OH is 2. The smallest absolute Gasteiger partial charge is 0.255 e. The van der Waals surface area contributed by atoms with Gasteiger partial charge in [0.2, 0.25) is 5.78 Å². The molecule has 0 saturated carbocycles. The highest BCUT2D eigenvalue weighted by molar-refractivity contribution is 6.25. The molecule has 0 bridgehead atoms. The maximum atomic E-state index is 15.9. The molecule has 1 heterocycles. The number of allylic oxidation sites excluding steroid dienone is 1. The number of amides is 1. The number of rotatable bonds is 4. The molecule has 0 spiro atoms. The van der Waals surface area contributed by atoms with Crippen LogP contribution in [0.25, 0.3) is 10.8 Å². The highest BCUT2D eigenvalue weighted by Gasteiger charge is 2.63. The second-order valence-corrected chi connectivity index (χ2v) is 11.5. The van der Waals surface area contributed by atoms with Crippen molar-refractivity contribution in [2.45, 2.75) is 37.5 Å². The molecule has 1 saturated heterocycles. The number of likely N-dealkylation sites (tertiary alicyclic amines) is 1. The molecule has 2 aromatic rings. The maximum Gasteiger partial charge on any atom is 0.255 e. The van der Waals surface area contributed by atoms with E-state index < -0.39 is 69.6 Å². The summed E-state index contributed by atoms with van der Waals surface area (Å²) in [6, 6.07) is 3.91. The number of hydrogen-bond donors (Lipinski definition) is 5. The zero-order valence-corrected chi connectivity index (χ0v) is 22.1. The highest BCUT2D eigenvalue weighted by Crippen LogP contribution is 2.53. The first-order chi connectivity index (χ1) is 18.9. The topological polar surface area (TPSA) is 165 Å². The SMILES string of the molecule is CN(C)[C@@H]1C(O)=C(C(N)=O)C(=O)[C@@]2(O)C(O)=C3C(=O)c4c(c(F)c5ccc(CN6CCC6)cc5c4O)C[C@H]3C[C@@H]12. The summed E-state index contributed by atoms with van der Waals surface area (Å²) in [5.74, 6) is -8.23. The minimum absolute atomic E-state index is 0.0152. The highest BCUT2D eigenvalue weighted by atomic mass is 19.1. The summed E-state index contributed by atoms with van der Waals surface area (Å²) in [7, 11) is 3.10. The fourth-order valence-electron chi connectivity index (χ4n) is 7.01. The van der Waals surface area contributed by atoms with E-state index in [0.29, 0.717) is 6.54 Å². The quantitative estimate of drug-likeness (QED) is 0.355. The first-order valence-electron chi connectivity index (χ1n) is 13.2. The lowest BCUT2D eigenvalue weighted by atomic mass is 9.58. The van der Waals surface area contributed by atoms with Gasteiger partial charge in [0.25, 0.3) is 5.91 Å². The van der Waals surface area contributed by atoms with E-state index >= 15 is 4.39 Å². The lowest BCUT2D eigenvalue weighted by Gasteiger charge is -2.50. The minimum atomic E-state index is -2.74. The minimum Gasteiger partial charge on any atom is -0.510 e. The van der Waals surface area contributed by atoms with Gasteiger partial charge in [0, 0.05) is 34.4 Å². The van der Waals surface area contributed by atoms with E-state index in [-0.39, 0.29) is 40.3 Å². The largest absolute Gasteiger partial charge is 0.510 e. The van der Waals surface area contributed by atoms with Crippen LogP contribution in [0, 0.1) is 17.7 Å². The Bertz CT molecular complexity index is 1590. The van der Waals surface area contributed by atoms with Crippen molar-refractivity contribution in [2.24, 2.45) is 17.6 Å². The molecule has 2 aromatic carbocycles. The molecular weight excluding hydrogens is 521 g/mol. The lowest BCUT2D eigenvalue weighted by molar-refractivity contribution is -0.148. The maximum absolute atomic E-state index is 15.9. The van der Waals surface area contributed by atoms with E-state index in [1.54, 1.807) is 32.3 Å². The number of carbonyl (C=O) groups is 3. The van der Waals surface area contributed by atoms with Gasteiger partial charge in [0.15, 0.2) is 11.4 Å². The number of Topliss-reactive ketones (excluding diaryl/α,β-unsaturated/α-hetero) is 2. The molecule has 1 amide bonds.